The normalized spacial score (nSPS) is 11.2. The first-order valence-corrected chi connectivity index (χ1v) is 7.48. The minimum Gasteiger partial charge on any atom is -0.337 e. The molecular weight excluding hydrogens is 288 g/mol. The summed E-state index contributed by atoms with van der Waals surface area (Å²) < 4.78 is 35.3. The number of rotatable bonds is 8. The van der Waals surface area contributed by atoms with Crippen LogP contribution in [-0.2, 0) is 10.4 Å². The summed E-state index contributed by atoms with van der Waals surface area (Å²) in [5, 5.41) is 5.75. The SMILES string of the molecule is CCCNc1nc(N)[n+](OS(=O)(=O)O)c(NCCC)n1. The molecule has 0 aliphatic carbocycles. The second-order valence-electron chi connectivity index (χ2n) is 3.88. The molecule has 1 aromatic rings. The van der Waals surface area contributed by atoms with E-state index >= 15 is 0 Å². The summed E-state index contributed by atoms with van der Waals surface area (Å²) >= 11 is 0. The number of aromatic nitrogens is 3. The lowest BCUT2D eigenvalue weighted by molar-refractivity contribution is -0.837. The summed E-state index contributed by atoms with van der Waals surface area (Å²) in [6, 6.07) is 0. The number of nitrogens with two attached hydrogens (primary N) is 1. The molecule has 0 atom stereocenters. The molecule has 0 aliphatic heterocycles. The molecule has 0 aliphatic rings. The molecule has 1 rings (SSSR count). The summed E-state index contributed by atoms with van der Waals surface area (Å²) in [6.45, 7) is 5.03. The molecule has 10 nitrogen and oxygen atoms in total. The monoisotopic (exact) mass is 307 g/mol. The van der Waals surface area contributed by atoms with E-state index in [1.54, 1.807) is 0 Å². The average Bonchev–Trinajstić information content (AvgIpc) is 2.36. The van der Waals surface area contributed by atoms with Crippen LogP contribution in [0.25, 0.3) is 0 Å². The summed E-state index contributed by atoms with van der Waals surface area (Å²) in [5.74, 6) is -0.0106. The Kier molecular flexibility index (Phi) is 5.70. The van der Waals surface area contributed by atoms with Crippen LogP contribution in [0.3, 0.4) is 0 Å². The smallest absolute Gasteiger partial charge is 0.337 e. The van der Waals surface area contributed by atoms with E-state index in [1.807, 2.05) is 13.8 Å². The molecule has 0 saturated heterocycles. The van der Waals surface area contributed by atoms with Crippen molar-refractivity contribution in [2.45, 2.75) is 26.7 Å². The van der Waals surface area contributed by atoms with Gasteiger partial charge in [0.25, 0.3) is 0 Å². The average molecular weight is 307 g/mol. The van der Waals surface area contributed by atoms with Gasteiger partial charge in [0.15, 0.2) is 0 Å². The van der Waals surface area contributed by atoms with Crippen molar-refractivity contribution in [2.75, 3.05) is 29.5 Å². The van der Waals surface area contributed by atoms with Gasteiger partial charge in [0.1, 0.15) is 0 Å². The third-order valence-corrected chi connectivity index (χ3v) is 2.41. The van der Waals surface area contributed by atoms with Crippen LogP contribution in [0.5, 0.6) is 0 Å². The van der Waals surface area contributed by atoms with Gasteiger partial charge in [-0.3, -0.25) is 4.55 Å². The molecule has 0 bridgehead atoms. The van der Waals surface area contributed by atoms with Crippen molar-refractivity contribution in [3.63, 3.8) is 0 Å². The highest BCUT2D eigenvalue weighted by atomic mass is 32.3. The van der Waals surface area contributed by atoms with Crippen molar-refractivity contribution in [1.29, 1.82) is 0 Å². The minimum absolute atomic E-state index is 0.0237. The van der Waals surface area contributed by atoms with Crippen molar-refractivity contribution in [2.24, 2.45) is 0 Å². The Bertz CT molecular complexity index is 550. The van der Waals surface area contributed by atoms with Crippen LogP contribution in [-0.4, -0.2) is 36.0 Å². The fourth-order valence-corrected chi connectivity index (χ4v) is 1.60. The Hall–Kier alpha value is -1.88. The molecule has 5 N–H and O–H groups in total. The summed E-state index contributed by atoms with van der Waals surface area (Å²) in [5.41, 5.74) is 5.60. The fourth-order valence-electron chi connectivity index (χ4n) is 1.26. The van der Waals surface area contributed by atoms with Crippen molar-refractivity contribution >= 4 is 28.2 Å². The van der Waals surface area contributed by atoms with Crippen molar-refractivity contribution < 1.29 is 22.0 Å². The van der Waals surface area contributed by atoms with Gasteiger partial charge in [-0.25, -0.2) is 4.28 Å². The van der Waals surface area contributed by atoms with Gasteiger partial charge in [-0.15, -0.1) is 0 Å². The maximum atomic E-state index is 10.8. The number of hydrogen-bond donors (Lipinski definition) is 4. The first-order valence-electron chi connectivity index (χ1n) is 6.12. The van der Waals surface area contributed by atoms with Crippen LogP contribution in [0.15, 0.2) is 0 Å². The van der Waals surface area contributed by atoms with Gasteiger partial charge in [-0.2, -0.15) is 8.42 Å². The molecule has 0 fully saturated rings. The summed E-state index contributed by atoms with van der Waals surface area (Å²) in [7, 11) is -4.73. The highest BCUT2D eigenvalue weighted by Gasteiger charge is 2.23. The van der Waals surface area contributed by atoms with Crippen molar-refractivity contribution in [1.82, 2.24) is 9.97 Å². The Morgan fingerprint density at radius 2 is 1.85 bits per heavy atom. The predicted molar refractivity (Wildman–Crippen MR) is 72.3 cm³/mol. The first kappa shape index (κ1) is 16.2. The Labute approximate surface area is 117 Å². The van der Waals surface area contributed by atoms with E-state index in [2.05, 4.69) is 24.9 Å². The lowest BCUT2D eigenvalue weighted by atomic mass is 10.5. The van der Waals surface area contributed by atoms with Crippen LogP contribution in [0.2, 0.25) is 0 Å². The maximum Gasteiger partial charge on any atom is 0.472 e. The molecule has 11 heteroatoms. The summed E-state index contributed by atoms with van der Waals surface area (Å²) in [4.78, 5) is 7.88. The number of nitrogen functional groups attached to an aromatic ring is 1. The van der Waals surface area contributed by atoms with Gasteiger partial charge in [0.2, 0.25) is 0 Å². The molecule has 0 amide bonds. The van der Waals surface area contributed by atoms with Crippen molar-refractivity contribution in [3.8, 4) is 0 Å². The van der Waals surface area contributed by atoms with E-state index in [9.17, 15) is 8.42 Å². The van der Waals surface area contributed by atoms with E-state index in [0.29, 0.717) is 17.8 Å². The number of nitrogens with zero attached hydrogens (tertiary/aromatic N) is 3. The largest absolute Gasteiger partial charge is 0.472 e. The van der Waals surface area contributed by atoms with Crippen LogP contribution < -0.4 is 25.4 Å². The molecule has 1 heterocycles. The van der Waals surface area contributed by atoms with E-state index in [4.69, 9.17) is 10.3 Å². The second kappa shape index (κ2) is 7.05. The lowest BCUT2D eigenvalue weighted by Gasteiger charge is -2.08. The number of hydrogen-bond acceptors (Lipinski definition) is 8. The first-order chi connectivity index (χ1) is 9.37. The summed E-state index contributed by atoms with van der Waals surface area (Å²) in [6.07, 6.45) is 1.63. The van der Waals surface area contributed by atoms with Gasteiger partial charge in [0, 0.05) is 13.1 Å². The third-order valence-electron chi connectivity index (χ3n) is 2.07. The van der Waals surface area contributed by atoms with Gasteiger partial charge in [0.05, 0.1) is 0 Å². The molecular formula is C9H19N6O4S+. The maximum absolute atomic E-state index is 10.8. The van der Waals surface area contributed by atoms with E-state index < -0.39 is 10.4 Å². The van der Waals surface area contributed by atoms with Gasteiger partial charge < -0.3 is 16.4 Å². The van der Waals surface area contributed by atoms with Gasteiger partial charge in [-0.1, -0.05) is 23.8 Å². The molecule has 0 aromatic carbocycles. The molecule has 0 unspecified atom stereocenters. The minimum atomic E-state index is -4.73. The number of anilines is 3. The molecule has 0 saturated carbocycles. The molecule has 1 aromatic heterocycles. The Balaban J connectivity index is 3.12. The topological polar surface area (TPSA) is 143 Å². The fraction of sp³-hybridized carbons (Fsp3) is 0.667. The zero-order chi connectivity index (χ0) is 15.2. The highest BCUT2D eigenvalue weighted by molar-refractivity contribution is 7.80. The Morgan fingerprint density at radius 1 is 1.25 bits per heavy atom. The number of nitrogens with one attached hydrogen (secondary N) is 2. The zero-order valence-electron chi connectivity index (χ0n) is 11.3. The van der Waals surface area contributed by atoms with Gasteiger partial charge in [-0.05, 0) is 17.6 Å². The van der Waals surface area contributed by atoms with Crippen LogP contribution in [0.4, 0.5) is 17.8 Å². The highest BCUT2D eigenvalue weighted by Crippen LogP contribution is 2.05. The van der Waals surface area contributed by atoms with Crippen LogP contribution in [0.1, 0.15) is 26.7 Å². The van der Waals surface area contributed by atoms with Gasteiger partial charge >= 0.3 is 28.2 Å². The zero-order valence-corrected chi connectivity index (χ0v) is 12.1. The standard InChI is InChI=1S/C9H18N6O4S/c1-3-5-11-8-13-7(10)15(19-20(16,17)18)9(14-8)12-6-4-2/h3-6H2,1-2H3,(H4,10,11,12,13,14,16,17,18)/p+1. The molecule has 0 spiro atoms. The lowest BCUT2D eigenvalue weighted by Crippen LogP contribution is -2.51. The van der Waals surface area contributed by atoms with E-state index in [0.717, 1.165) is 12.8 Å². The van der Waals surface area contributed by atoms with E-state index in [1.165, 1.54) is 0 Å². The molecule has 20 heavy (non-hydrogen) atoms. The molecule has 114 valence electrons. The van der Waals surface area contributed by atoms with Crippen LogP contribution >= 0.6 is 0 Å². The molecule has 0 radical (unpaired) electrons. The van der Waals surface area contributed by atoms with Crippen molar-refractivity contribution in [3.05, 3.63) is 0 Å². The predicted octanol–water partition coefficient (Wildman–Crippen LogP) is -0.778. The Morgan fingerprint density at radius 3 is 2.40 bits per heavy atom. The van der Waals surface area contributed by atoms with Crippen LogP contribution in [0, 0.1) is 0 Å². The second-order valence-corrected chi connectivity index (χ2v) is 4.88. The quantitative estimate of drug-likeness (QED) is 0.359. The third kappa shape index (κ3) is 5.01. The van der Waals surface area contributed by atoms with E-state index in [-0.39, 0.29) is 17.8 Å².